The largest absolute Gasteiger partial charge is 0.481 e. The van der Waals surface area contributed by atoms with Crippen LogP contribution in [0.5, 0.6) is 0 Å². The van der Waals surface area contributed by atoms with Crippen LogP contribution in [0.2, 0.25) is 0 Å². The number of hydrogen-bond donors (Lipinski definition) is 2. The van der Waals surface area contributed by atoms with E-state index >= 15 is 0 Å². The molecule has 2 aliphatic rings. The lowest BCUT2D eigenvalue weighted by molar-refractivity contribution is -0.146. The van der Waals surface area contributed by atoms with E-state index in [1.54, 1.807) is 24.3 Å². The Hall–Kier alpha value is -2.51. The van der Waals surface area contributed by atoms with Gasteiger partial charge in [0.15, 0.2) is 5.78 Å². The highest BCUT2D eigenvalue weighted by molar-refractivity contribution is 5.99. The fraction of sp³-hybridized carbons (Fsp3) is 0.476. The number of carbonyl (C=O) groups is 3. The fourth-order valence-corrected chi connectivity index (χ4v) is 3.65. The van der Waals surface area contributed by atoms with Crippen LogP contribution in [0.4, 0.5) is 5.69 Å². The number of hydrogen-bond acceptors (Lipinski definition) is 5. The lowest BCUT2D eigenvalue weighted by Gasteiger charge is -2.31. The van der Waals surface area contributed by atoms with Crippen LogP contribution in [0.1, 0.15) is 23.2 Å². The van der Waals surface area contributed by atoms with Gasteiger partial charge in [-0.15, -0.1) is 0 Å². The predicted molar refractivity (Wildman–Crippen MR) is 106 cm³/mol. The van der Waals surface area contributed by atoms with E-state index in [0.29, 0.717) is 30.6 Å². The smallest absolute Gasteiger partial charge is 0.307 e. The second-order valence-electron chi connectivity index (χ2n) is 7.56. The number of ketones is 1. The Balaban J connectivity index is 1.56. The van der Waals surface area contributed by atoms with E-state index in [4.69, 9.17) is 0 Å². The topological polar surface area (TPSA) is 90.0 Å². The van der Waals surface area contributed by atoms with Crippen molar-refractivity contribution in [3.63, 3.8) is 0 Å². The molecule has 1 aliphatic carbocycles. The van der Waals surface area contributed by atoms with Gasteiger partial charge in [-0.2, -0.15) is 0 Å². The molecule has 0 bridgehead atoms. The molecule has 1 aliphatic heterocycles. The molecule has 1 aromatic rings. The molecule has 1 fully saturated rings. The third-order valence-electron chi connectivity index (χ3n) is 5.52. The SMILES string of the molecule is CN1CCN(CC(=O)c2ccc(NC(=O)C3CC=CCC3C(=O)O)cc2)CC1. The van der Waals surface area contributed by atoms with E-state index in [0.717, 1.165) is 26.2 Å². The number of aliphatic carboxylic acids is 1. The van der Waals surface area contributed by atoms with Crippen LogP contribution in [-0.2, 0) is 9.59 Å². The molecule has 1 aromatic carbocycles. The summed E-state index contributed by atoms with van der Waals surface area (Å²) in [6, 6.07) is 6.82. The van der Waals surface area contributed by atoms with E-state index in [9.17, 15) is 19.5 Å². The molecule has 0 radical (unpaired) electrons. The Bertz CT molecular complexity index is 751. The van der Waals surface area contributed by atoms with Gasteiger partial charge in [-0.05, 0) is 44.2 Å². The quantitative estimate of drug-likeness (QED) is 0.573. The first-order valence-electron chi connectivity index (χ1n) is 9.67. The molecule has 0 aromatic heterocycles. The second-order valence-corrected chi connectivity index (χ2v) is 7.56. The normalized spacial score (nSPS) is 23.3. The van der Waals surface area contributed by atoms with E-state index < -0.39 is 17.8 Å². The number of carbonyl (C=O) groups excluding carboxylic acids is 2. The molecular weight excluding hydrogens is 358 g/mol. The predicted octanol–water partition coefficient (Wildman–Crippen LogP) is 1.72. The fourth-order valence-electron chi connectivity index (χ4n) is 3.65. The van der Waals surface area contributed by atoms with Gasteiger partial charge in [0.25, 0.3) is 0 Å². The van der Waals surface area contributed by atoms with Crippen molar-refractivity contribution >= 4 is 23.3 Å². The summed E-state index contributed by atoms with van der Waals surface area (Å²) in [4.78, 5) is 40.7. The van der Waals surface area contributed by atoms with Gasteiger partial charge in [0.1, 0.15) is 0 Å². The zero-order valence-corrected chi connectivity index (χ0v) is 16.1. The summed E-state index contributed by atoms with van der Waals surface area (Å²) in [5.41, 5.74) is 1.18. The van der Waals surface area contributed by atoms with E-state index in [-0.39, 0.29) is 11.7 Å². The van der Waals surface area contributed by atoms with Crippen LogP contribution in [-0.4, -0.2) is 72.3 Å². The molecule has 2 atom stereocenters. The Kier molecular flexibility index (Phi) is 6.59. The molecule has 1 heterocycles. The Morgan fingerprint density at radius 3 is 2.21 bits per heavy atom. The van der Waals surface area contributed by atoms with Gasteiger partial charge >= 0.3 is 5.97 Å². The summed E-state index contributed by atoms with van der Waals surface area (Å²) in [5.74, 6) is -2.47. The van der Waals surface area contributed by atoms with Gasteiger partial charge < -0.3 is 15.3 Å². The first-order chi connectivity index (χ1) is 13.4. The number of nitrogens with zero attached hydrogens (tertiary/aromatic N) is 2. The van der Waals surface area contributed by atoms with Crippen molar-refractivity contribution in [2.75, 3.05) is 45.1 Å². The molecule has 2 unspecified atom stereocenters. The molecule has 2 N–H and O–H groups in total. The van der Waals surface area contributed by atoms with Crippen molar-refractivity contribution < 1.29 is 19.5 Å². The minimum absolute atomic E-state index is 0.0609. The van der Waals surface area contributed by atoms with Crippen molar-refractivity contribution in [2.24, 2.45) is 11.8 Å². The van der Waals surface area contributed by atoms with Gasteiger partial charge in [0.2, 0.25) is 5.91 Å². The Morgan fingerprint density at radius 1 is 1.00 bits per heavy atom. The minimum Gasteiger partial charge on any atom is -0.481 e. The van der Waals surface area contributed by atoms with Crippen LogP contribution in [0.25, 0.3) is 0 Å². The summed E-state index contributed by atoms with van der Waals surface area (Å²) < 4.78 is 0. The zero-order chi connectivity index (χ0) is 20.1. The molecule has 3 rings (SSSR count). The summed E-state index contributed by atoms with van der Waals surface area (Å²) in [6.07, 6.45) is 4.45. The molecular formula is C21H27N3O4. The molecule has 1 amide bonds. The van der Waals surface area contributed by atoms with Crippen LogP contribution in [0.15, 0.2) is 36.4 Å². The van der Waals surface area contributed by atoms with Crippen LogP contribution in [0.3, 0.4) is 0 Å². The maximum absolute atomic E-state index is 12.5. The molecule has 7 heteroatoms. The Labute approximate surface area is 165 Å². The van der Waals surface area contributed by atoms with Crippen LogP contribution < -0.4 is 5.32 Å². The number of rotatable bonds is 6. The number of nitrogens with one attached hydrogen (secondary N) is 1. The average Bonchev–Trinajstić information content (AvgIpc) is 2.70. The number of piperazine rings is 1. The number of likely N-dealkylation sites (N-methyl/N-ethyl adjacent to an activating group) is 1. The van der Waals surface area contributed by atoms with Gasteiger partial charge in [-0.3, -0.25) is 19.3 Å². The highest BCUT2D eigenvalue weighted by Gasteiger charge is 2.33. The van der Waals surface area contributed by atoms with Crippen molar-refractivity contribution in [1.82, 2.24) is 9.80 Å². The summed E-state index contributed by atoms with van der Waals surface area (Å²) in [7, 11) is 2.08. The summed E-state index contributed by atoms with van der Waals surface area (Å²) in [6.45, 7) is 4.10. The number of anilines is 1. The van der Waals surface area contributed by atoms with Crippen LogP contribution in [0, 0.1) is 11.8 Å². The molecule has 7 nitrogen and oxygen atoms in total. The lowest BCUT2D eigenvalue weighted by atomic mass is 9.82. The molecule has 0 saturated carbocycles. The van der Waals surface area contributed by atoms with Gasteiger partial charge in [-0.1, -0.05) is 12.2 Å². The van der Waals surface area contributed by atoms with Gasteiger partial charge in [0, 0.05) is 37.4 Å². The molecule has 150 valence electrons. The van der Waals surface area contributed by atoms with E-state index in [2.05, 4.69) is 22.2 Å². The molecule has 0 spiro atoms. The highest BCUT2D eigenvalue weighted by atomic mass is 16.4. The standard InChI is InChI=1S/C21H27N3O4/c1-23-10-12-24(13-11-23)14-19(25)15-6-8-16(9-7-15)22-20(26)17-4-2-3-5-18(17)21(27)28/h2-3,6-9,17-18H,4-5,10-14H2,1H3,(H,22,26)(H,27,28). The second kappa shape index (κ2) is 9.12. The highest BCUT2D eigenvalue weighted by Crippen LogP contribution is 2.27. The van der Waals surface area contributed by atoms with Crippen molar-refractivity contribution in [3.05, 3.63) is 42.0 Å². The van der Waals surface area contributed by atoms with Crippen molar-refractivity contribution in [3.8, 4) is 0 Å². The number of carboxylic acid groups (broad SMARTS) is 1. The van der Waals surface area contributed by atoms with Crippen LogP contribution >= 0.6 is 0 Å². The first kappa shape index (κ1) is 20.2. The summed E-state index contributed by atoms with van der Waals surface area (Å²) in [5, 5.41) is 12.1. The maximum Gasteiger partial charge on any atom is 0.307 e. The average molecular weight is 385 g/mol. The molecule has 28 heavy (non-hydrogen) atoms. The van der Waals surface area contributed by atoms with E-state index in [1.807, 2.05) is 12.2 Å². The third-order valence-corrected chi connectivity index (χ3v) is 5.52. The number of allylic oxidation sites excluding steroid dienone is 2. The van der Waals surface area contributed by atoms with Gasteiger partial charge in [-0.25, -0.2) is 0 Å². The minimum atomic E-state index is -0.950. The van der Waals surface area contributed by atoms with Crippen molar-refractivity contribution in [2.45, 2.75) is 12.8 Å². The Morgan fingerprint density at radius 2 is 1.61 bits per heavy atom. The lowest BCUT2D eigenvalue weighted by Crippen LogP contribution is -2.46. The number of carboxylic acids is 1. The monoisotopic (exact) mass is 385 g/mol. The third kappa shape index (κ3) is 5.05. The van der Waals surface area contributed by atoms with Gasteiger partial charge in [0.05, 0.1) is 18.4 Å². The number of amides is 1. The van der Waals surface area contributed by atoms with E-state index in [1.165, 1.54) is 0 Å². The maximum atomic E-state index is 12.5. The zero-order valence-electron chi connectivity index (χ0n) is 16.1. The number of Topliss-reactive ketones (excluding diaryl/α,β-unsaturated/α-hetero) is 1. The number of benzene rings is 1. The summed E-state index contributed by atoms with van der Waals surface area (Å²) >= 11 is 0. The van der Waals surface area contributed by atoms with Crippen molar-refractivity contribution in [1.29, 1.82) is 0 Å². The first-order valence-corrected chi connectivity index (χ1v) is 9.67. The molecule has 1 saturated heterocycles.